The van der Waals surface area contributed by atoms with Gasteiger partial charge in [0.25, 0.3) is 0 Å². The van der Waals surface area contributed by atoms with E-state index in [4.69, 9.17) is 0 Å². The van der Waals surface area contributed by atoms with Gasteiger partial charge in [-0.25, -0.2) is 0 Å². The van der Waals surface area contributed by atoms with Crippen LogP contribution in [-0.4, -0.2) is 0 Å². The minimum atomic E-state index is -2.67. The Labute approximate surface area is 162 Å². The molecule has 0 N–H and O–H groups in total. The van der Waals surface area contributed by atoms with Crippen LogP contribution in [0.3, 0.4) is 0 Å². The largest absolute Gasteiger partial charge is 1.00 e. The molecule has 1 aliphatic rings. The first-order valence-corrected chi connectivity index (χ1v) is 10.2. The molecule has 0 bridgehead atoms. The van der Waals surface area contributed by atoms with Crippen LogP contribution in [0.1, 0.15) is 29.6 Å². The Kier molecular flexibility index (Phi) is 5.60. The van der Waals surface area contributed by atoms with Gasteiger partial charge in [-0.3, -0.25) is 0 Å². The van der Waals surface area contributed by atoms with Crippen molar-refractivity contribution >= 4 is 12.4 Å². The first-order chi connectivity index (χ1) is 11.8. The third-order valence-corrected chi connectivity index (χ3v) is 8.71. The molecule has 120 valence electrons. The van der Waals surface area contributed by atoms with Crippen molar-refractivity contribution in [2.45, 2.75) is 18.5 Å². The molecule has 1 aliphatic heterocycles. The molecule has 1 heterocycles. The maximum absolute atomic E-state index is 14.4. The van der Waals surface area contributed by atoms with E-state index < -0.39 is 7.14 Å². The molecule has 0 saturated carbocycles. The van der Waals surface area contributed by atoms with Crippen LogP contribution in [0.4, 0.5) is 0 Å². The number of hydrogen-bond donors (Lipinski definition) is 0. The average Bonchev–Trinajstić information content (AvgIpc) is 3.02. The van der Waals surface area contributed by atoms with Gasteiger partial charge in [0.2, 0.25) is 0 Å². The second-order valence-corrected chi connectivity index (χ2v) is 9.27. The Morgan fingerprint density at radius 1 is 0.760 bits per heavy atom. The zero-order valence-electron chi connectivity index (χ0n) is 14.5. The van der Waals surface area contributed by atoms with Gasteiger partial charge >= 0.3 is 18.9 Å². The number of benzene rings is 3. The summed E-state index contributed by atoms with van der Waals surface area (Å²) >= 11 is 0. The standard InChI is InChI=1S/C22H20OP.Li/c23-24(20-14-8-3-9-15-20)21(18-10-4-1-5-11-18)16-17-22(24)19-12-6-2-7-13-19;/h1-15,21H,16-17H2;/q-1;+1/t21-,24-;/m0./s1. The van der Waals surface area contributed by atoms with Crippen molar-refractivity contribution in [3.63, 3.8) is 0 Å². The molecular weight excluding hydrogens is 318 g/mol. The summed E-state index contributed by atoms with van der Waals surface area (Å²) in [6.45, 7) is 0. The fourth-order valence-electron chi connectivity index (χ4n) is 3.81. The van der Waals surface area contributed by atoms with E-state index in [0.29, 0.717) is 0 Å². The summed E-state index contributed by atoms with van der Waals surface area (Å²) in [5, 5.41) is 0.982. The summed E-state index contributed by atoms with van der Waals surface area (Å²) in [4.78, 5) is 0. The molecule has 25 heavy (non-hydrogen) atoms. The molecule has 3 aromatic rings. The summed E-state index contributed by atoms with van der Waals surface area (Å²) in [5.74, 6) is 0. The fourth-order valence-corrected chi connectivity index (χ4v) is 7.55. The molecule has 1 fully saturated rings. The molecule has 1 saturated heterocycles. The molecule has 2 atom stereocenters. The summed E-state index contributed by atoms with van der Waals surface area (Å²) < 4.78 is 14.4. The van der Waals surface area contributed by atoms with E-state index in [1.807, 2.05) is 66.7 Å². The topological polar surface area (TPSA) is 17.1 Å². The Bertz CT molecular complexity index is 797. The van der Waals surface area contributed by atoms with Crippen molar-refractivity contribution in [3.8, 4) is 0 Å². The van der Waals surface area contributed by atoms with E-state index in [-0.39, 0.29) is 24.5 Å². The van der Waals surface area contributed by atoms with Crippen molar-refractivity contribution in [2.75, 3.05) is 0 Å². The molecule has 4 rings (SSSR count). The Morgan fingerprint density at radius 3 is 1.88 bits per heavy atom. The minimum Gasteiger partial charge on any atom is -0.326 e. The molecule has 1 nitrogen and oxygen atoms in total. The van der Waals surface area contributed by atoms with Crippen LogP contribution in [0.25, 0.3) is 0 Å². The van der Waals surface area contributed by atoms with Crippen LogP contribution >= 0.6 is 7.14 Å². The zero-order valence-corrected chi connectivity index (χ0v) is 15.4. The van der Waals surface area contributed by atoms with Crippen molar-refractivity contribution in [2.24, 2.45) is 0 Å². The Hall–Kier alpha value is -1.64. The van der Waals surface area contributed by atoms with Gasteiger partial charge in [0.15, 0.2) is 0 Å². The zero-order chi connectivity index (χ0) is 16.4. The van der Waals surface area contributed by atoms with E-state index >= 15 is 0 Å². The quantitative estimate of drug-likeness (QED) is 0.408. The number of rotatable bonds is 3. The van der Waals surface area contributed by atoms with Gasteiger partial charge in [0.05, 0.1) is 7.14 Å². The molecule has 0 spiro atoms. The summed E-state index contributed by atoms with van der Waals surface area (Å²) in [5.41, 5.74) is 3.53. The monoisotopic (exact) mass is 338 g/mol. The van der Waals surface area contributed by atoms with Crippen LogP contribution < -0.4 is 24.2 Å². The first-order valence-electron chi connectivity index (χ1n) is 8.42. The fraction of sp³-hybridized carbons (Fsp3) is 0.136. The second kappa shape index (κ2) is 7.71. The smallest absolute Gasteiger partial charge is 0.326 e. The normalized spacial score (nSPS) is 22.4. The minimum absolute atomic E-state index is 0. The van der Waals surface area contributed by atoms with Gasteiger partial charge in [0, 0.05) is 11.0 Å². The molecule has 0 unspecified atom stereocenters. The van der Waals surface area contributed by atoms with Crippen LogP contribution in [-0.2, 0) is 4.57 Å². The second-order valence-electron chi connectivity index (χ2n) is 6.27. The van der Waals surface area contributed by atoms with Gasteiger partial charge in [-0.2, -0.15) is 17.7 Å². The third-order valence-electron chi connectivity index (χ3n) is 4.93. The first kappa shape index (κ1) is 18.2. The summed E-state index contributed by atoms with van der Waals surface area (Å²) in [6.07, 6.45) is 1.84. The Morgan fingerprint density at radius 2 is 1.28 bits per heavy atom. The van der Waals surface area contributed by atoms with Gasteiger partial charge in [0.1, 0.15) is 0 Å². The molecule has 0 amide bonds. The number of hydrogen-bond acceptors (Lipinski definition) is 1. The van der Waals surface area contributed by atoms with Gasteiger partial charge < -0.3 is 4.57 Å². The molecule has 3 aromatic carbocycles. The van der Waals surface area contributed by atoms with E-state index in [9.17, 15) is 4.57 Å². The SMILES string of the molecule is O=[P@]1(c2ccccc2)[C-](c2ccccc2)CC[C@H]1c1ccccc1.[Li+]. The molecular formula is C22H20LiOP. The van der Waals surface area contributed by atoms with Crippen molar-refractivity contribution < 1.29 is 23.4 Å². The van der Waals surface area contributed by atoms with E-state index in [1.165, 1.54) is 5.56 Å². The molecule has 0 aromatic heterocycles. The van der Waals surface area contributed by atoms with Crippen LogP contribution in [0.2, 0.25) is 0 Å². The third kappa shape index (κ3) is 3.25. The van der Waals surface area contributed by atoms with Crippen molar-refractivity contribution in [1.29, 1.82) is 0 Å². The van der Waals surface area contributed by atoms with Gasteiger partial charge in [-0.15, -0.1) is 17.8 Å². The van der Waals surface area contributed by atoms with E-state index in [2.05, 4.69) is 24.3 Å². The maximum atomic E-state index is 14.4. The summed E-state index contributed by atoms with van der Waals surface area (Å²) in [7, 11) is -2.67. The molecule has 0 radical (unpaired) electrons. The van der Waals surface area contributed by atoms with Crippen molar-refractivity contribution in [3.05, 3.63) is 108 Å². The average molecular weight is 338 g/mol. The summed E-state index contributed by atoms with van der Waals surface area (Å²) in [6, 6.07) is 30.7. The van der Waals surface area contributed by atoms with Gasteiger partial charge in [-0.05, 0) is 12.0 Å². The van der Waals surface area contributed by atoms with Gasteiger partial charge in [-0.1, -0.05) is 73.2 Å². The predicted octanol–water partition coefficient (Wildman–Crippen LogP) is 2.79. The van der Waals surface area contributed by atoms with Crippen LogP contribution in [0, 0.1) is 5.66 Å². The van der Waals surface area contributed by atoms with E-state index in [0.717, 1.165) is 29.4 Å². The van der Waals surface area contributed by atoms with E-state index in [1.54, 1.807) is 0 Å². The predicted molar refractivity (Wildman–Crippen MR) is 101 cm³/mol. The maximum Gasteiger partial charge on any atom is 1.00 e. The van der Waals surface area contributed by atoms with Crippen LogP contribution in [0.5, 0.6) is 0 Å². The Balaban J connectivity index is 0.00000182. The molecule has 0 aliphatic carbocycles. The van der Waals surface area contributed by atoms with Crippen molar-refractivity contribution in [1.82, 2.24) is 0 Å². The molecule has 3 heteroatoms. The van der Waals surface area contributed by atoms with Crippen LogP contribution in [0.15, 0.2) is 91.0 Å².